The molecule has 0 heterocycles. The Morgan fingerprint density at radius 2 is 0.887 bits per heavy atom. The van der Waals surface area contributed by atoms with Crippen LogP contribution in [0.3, 0.4) is 0 Å². The summed E-state index contributed by atoms with van der Waals surface area (Å²) in [6.45, 7) is 7.39. The molecule has 0 aliphatic heterocycles. The van der Waals surface area contributed by atoms with Gasteiger partial charge >= 0.3 is 24.3 Å². The van der Waals surface area contributed by atoms with Crippen molar-refractivity contribution in [3.63, 3.8) is 0 Å². The third-order valence-corrected chi connectivity index (χ3v) is 9.28. The van der Waals surface area contributed by atoms with Crippen molar-refractivity contribution < 1.29 is 45.4 Å². The highest BCUT2D eigenvalue weighted by Gasteiger charge is 2.32. The van der Waals surface area contributed by atoms with Gasteiger partial charge < -0.3 is 9.47 Å². The van der Waals surface area contributed by atoms with Crippen molar-refractivity contribution in [2.75, 3.05) is 6.61 Å². The van der Waals surface area contributed by atoms with Gasteiger partial charge in [-0.3, -0.25) is 0 Å². The van der Waals surface area contributed by atoms with Crippen LogP contribution in [0.2, 0.25) is 0 Å². The van der Waals surface area contributed by atoms with Gasteiger partial charge in [0.15, 0.2) is 0 Å². The number of ether oxygens (including phenoxy) is 2. The number of fused-ring (bicyclic) bond motifs is 2. The summed E-state index contributed by atoms with van der Waals surface area (Å²) in [5.41, 5.74) is 0.798. The number of alkyl halides is 6. The standard InChI is InChI=1S/C43H32F6O4/c1-22(2)21-52-40(50)34-19-17-32-31-16-14-29(25-7-11-27(12-8-25)43(47,48)49)37-35(41(51)53-23(3)4)20-18-33(39(31)37)30-15-13-28(36(34)38(30)32)24-5-9-26(10-6-24)42(44,45)46/h5-20,22-23H,21H2,1-4H3. The quantitative estimate of drug-likeness (QED) is 0.0710. The summed E-state index contributed by atoms with van der Waals surface area (Å²) in [7, 11) is 0. The highest BCUT2D eigenvalue weighted by atomic mass is 19.4. The average molecular weight is 727 g/mol. The van der Waals surface area contributed by atoms with E-state index >= 15 is 0 Å². The maximum Gasteiger partial charge on any atom is 0.416 e. The third-order valence-electron chi connectivity index (χ3n) is 9.28. The fourth-order valence-corrected chi connectivity index (χ4v) is 6.99. The van der Waals surface area contributed by atoms with Crippen LogP contribution in [-0.4, -0.2) is 24.6 Å². The van der Waals surface area contributed by atoms with Gasteiger partial charge in [-0.05, 0) is 111 Å². The molecule has 4 nitrogen and oxygen atoms in total. The Balaban J connectivity index is 1.58. The molecule has 0 N–H and O–H groups in total. The zero-order chi connectivity index (χ0) is 38.0. The van der Waals surface area contributed by atoms with Gasteiger partial charge in [-0.25, -0.2) is 9.59 Å². The molecule has 0 aromatic heterocycles. The highest BCUT2D eigenvalue weighted by Crippen LogP contribution is 2.47. The lowest BCUT2D eigenvalue weighted by Gasteiger charge is -2.21. The van der Waals surface area contributed by atoms with E-state index < -0.39 is 41.5 Å². The second kappa shape index (κ2) is 13.1. The maximum absolute atomic E-state index is 13.7. The Hall–Kier alpha value is -5.64. The first-order valence-electron chi connectivity index (χ1n) is 17.0. The number of halogens is 6. The van der Waals surface area contributed by atoms with Crippen LogP contribution in [-0.2, 0) is 21.8 Å². The summed E-state index contributed by atoms with van der Waals surface area (Å²) in [6, 6.07) is 23.4. The lowest BCUT2D eigenvalue weighted by Crippen LogP contribution is -2.12. The first-order valence-corrected chi connectivity index (χ1v) is 17.0. The van der Waals surface area contributed by atoms with E-state index in [-0.39, 0.29) is 23.7 Å². The number of esters is 2. The Morgan fingerprint density at radius 3 is 1.25 bits per heavy atom. The summed E-state index contributed by atoms with van der Waals surface area (Å²) >= 11 is 0. The Morgan fingerprint density at radius 1 is 0.509 bits per heavy atom. The molecular formula is C43H32F6O4. The predicted molar refractivity (Wildman–Crippen MR) is 194 cm³/mol. The number of hydrogen-bond donors (Lipinski definition) is 0. The van der Waals surface area contributed by atoms with Crippen LogP contribution in [0.5, 0.6) is 0 Å². The normalized spacial score (nSPS) is 12.5. The second-order valence-corrected chi connectivity index (χ2v) is 13.7. The lowest BCUT2D eigenvalue weighted by molar-refractivity contribution is -0.138. The molecule has 0 saturated heterocycles. The minimum Gasteiger partial charge on any atom is -0.462 e. The minimum absolute atomic E-state index is 0.0493. The van der Waals surface area contributed by atoms with E-state index in [0.29, 0.717) is 65.3 Å². The van der Waals surface area contributed by atoms with Crippen molar-refractivity contribution in [3.05, 3.63) is 119 Å². The topological polar surface area (TPSA) is 52.6 Å². The summed E-state index contributed by atoms with van der Waals surface area (Å²) in [5, 5.41) is 5.05. The average Bonchev–Trinajstić information content (AvgIpc) is 3.11. The van der Waals surface area contributed by atoms with Gasteiger partial charge in [-0.1, -0.05) is 74.5 Å². The van der Waals surface area contributed by atoms with Crippen molar-refractivity contribution in [2.45, 2.75) is 46.2 Å². The molecule has 0 aliphatic carbocycles. The van der Waals surface area contributed by atoms with Crippen molar-refractivity contribution in [1.82, 2.24) is 0 Å². The van der Waals surface area contributed by atoms with E-state index in [9.17, 15) is 35.9 Å². The number of carbonyl (C=O) groups is 2. The van der Waals surface area contributed by atoms with Crippen LogP contribution < -0.4 is 0 Å². The van der Waals surface area contributed by atoms with E-state index in [4.69, 9.17) is 9.47 Å². The number of benzene rings is 7. The van der Waals surface area contributed by atoms with Gasteiger partial charge in [0.25, 0.3) is 0 Å². The highest BCUT2D eigenvalue weighted by molar-refractivity contribution is 6.38. The molecule has 10 heteroatoms. The van der Waals surface area contributed by atoms with Crippen LogP contribution >= 0.6 is 0 Å². The molecule has 0 aliphatic rings. The summed E-state index contributed by atoms with van der Waals surface area (Å²) in [5.74, 6) is -1.14. The molecule has 0 bridgehead atoms. The molecule has 7 rings (SSSR count). The molecule has 0 radical (unpaired) electrons. The van der Waals surface area contributed by atoms with Gasteiger partial charge in [-0.2, -0.15) is 26.3 Å². The molecule has 0 spiro atoms. The summed E-state index contributed by atoms with van der Waals surface area (Å²) < 4.78 is 92.3. The largest absolute Gasteiger partial charge is 0.462 e. The molecule has 270 valence electrons. The molecule has 53 heavy (non-hydrogen) atoms. The van der Waals surface area contributed by atoms with Gasteiger partial charge in [0.05, 0.1) is 35.0 Å². The van der Waals surface area contributed by atoms with E-state index in [2.05, 4.69) is 0 Å². The number of hydrogen-bond acceptors (Lipinski definition) is 4. The van der Waals surface area contributed by atoms with Gasteiger partial charge in [0, 0.05) is 10.8 Å². The molecule has 0 fully saturated rings. The molecule has 7 aromatic rings. The van der Waals surface area contributed by atoms with Crippen molar-refractivity contribution in [1.29, 1.82) is 0 Å². The minimum atomic E-state index is -4.54. The van der Waals surface area contributed by atoms with Crippen molar-refractivity contribution in [2.24, 2.45) is 5.92 Å². The van der Waals surface area contributed by atoms with Crippen LogP contribution in [0.15, 0.2) is 97.1 Å². The molecule has 0 saturated carbocycles. The molecular weight excluding hydrogens is 694 g/mol. The zero-order valence-electron chi connectivity index (χ0n) is 29.0. The van der Waals surface area contributed by atoms with Crippen LogP contribution in [0.1, 0.15) is 59.5 Å². The van der Waals surface area contributed by atoms with Crippen LogP contribution in [0, 0.1) is 5.92 Å². The number of carbonyl (C=O) groups excluding carboxylic acids is 2. The SMILES string of the molecule is CC(C)COC(=O)c1ccc2c3ccc(-c4ccc(C(F)(F)F)cc4)c4c(C(=O)OC(C)C)ccc(c5ccc(-c6ccc(C(F)(F)F)cc6)c1c52)c43. The van der Waals surface area contributed by atoms with Crippen molar-refractivity contribution >= 4 is 55.0 Å². The van der Waals surface area contributed by atoms with Gasteiger partial charge in [-0.15, -0.1) is 0 Å². The summed E-state index contributed by atoms with van der Waals surface area (Å²) in [6.07, 6.45) is -9.52. The first kappa shape index (κ1) is 35.7. The Kier molecular flexibility index (Phi) is 8.83. The van der Waals surface area contributed by atoms with E-state index in [0.717, 1.165) is 24.3 Å². The third kappa shape index (κ3) is 6.40. The molecule has 0 unspecified atom stereocenters. The number of rotatable bonds is 7. The zero-order valence-corrected chi connectivity index (χ0v) is 29.0. The van der Waals surface area contributed by atoms with E-state index in [1.807, 2.05) is 26.0 Å². The van der Waals surface area contributed by atoms with Gasteiger partial charge in [0.1, 0.15) is 0 Å². The molecule has 0 amide bonds. The summed E-state index contributed by atoms with van der Waals surface area (Å²) in [4.78, 5) is 27.3. The maximum atomic E-state index is 13.7. The van der Waals surface area contributed by atoms with Crippen LogP contribution in [0.4, 0.5) is 26.3 Å². The predicted octanol–water partition coefficient (Wildman–Crippen LogP) is 12.5. The molecule has 0 atom stereocenters. The monoisotopic (exact) mass is 726 g/mol. The second-order valence-electron chi connectivity index (χ2n) is 13.7. The first-order chi connectivity index (χ1) is 25.0. The van der Waals surface area contributed by atoms with E-state index in [1.54, 1.807) is 50.2 Å². The van der Waals surface area contributed by atoms with Gasteiger partial charge in [0.2, 0.25) is 0 Å². The smallest absolute Gasteiger partial charge is 0.416 e. The van der Waals surface area contributed by atoms with Crippen LogP contribution in [0.25, 0.3) is 65.3 Å². The van der Waals surface area contributed by atoms with Crippen molar-refractivity contribution in [3.8, 4) is 22.3 Å². The fraction of sp³-hybridized carbons (Fsp3) is 0.209. The lowest BCUT2D eigenvalue weighted by atomic mass is 9.82. The van der Waals surface area contributed by atoms with E-state index in [1.165, 1.54) is 24.3 Å². The fourth-order valence-electron chi connectivity index (χ4n) is 6.99. The Labute approximate surface area is 300 Å². The molecule has 7 aromatic carbocycles. The Bertz CT molecular complexity index is 2510.